The molecule has 0 aliphatic carbocycles. The summed E-state index contributed by atoms with van der Waals surface area (Å²) in [6.45, 7) is 2.48. The molecule has 0 unspecified atom stereocenters. The summed E-state index contributed by atoms with van der Waals surface area (Å²) in [5.41, 5.74) is 7.52. The van der Waals surface area contributed by atoms with Crippen molar-refractivity contribution in [2.75, 3.05) is 39.5 Å². The third kappa shape index (κ3) is 6.85. The van der Waals surface area contributed by atoms with E-state index in [-0.39, 0.29) is 5.91 Å². The monoisotopic (exact) mass is 341 g/mol. The molecule has 2 aromatic carbocycles. The maximum atomic E-state index is 12.6. The third-order valence-electron chi connectivity index (χ3n) is 3.83. The maximum absolute atomic E-state index is 12.6. The number of hydrogen-bond acceptors (Lipinski definition) is 4. The van der Waals surface area contributed by atoms with Crippen molar-refractivity contribution in [2.45, 2.75) is 13.0 Å². The summed E-state index contributed by atoms with van der Waals surface area (Å²) in [4.78, 5) is 16.6. The number of carbonyl (C=O) groups is 1. The second-order valence-corrected chi connectivity index (χ2v) is 6.28. The quantitative estimate of drug-likeness (QED) is 0.712. The fourth-order valence-electron chi connectivity index (χ4n) is 2.44. The van der Waals surface area contributed by atoms with Gasteiger partial charge in [0.15, 0.2) is 0 Å². The van der Waals surface area contributed by atoms with Gasteiger partial charge in [0.2, 0.25) is 5.91 Å². The van der Waals surface area contributed by atoms with Gasteiger partial charge in [-0.1, -0.05) is 36.4 Å². The SMILES string of the molecule is CN(C)CCN(Cc1ccccc1)C(=O)CCOc1cccc(N)c1. The number of amides is 1. The lowest BCUT2D eigenvalue weighted by atomic mass is 10.2. The lowest BCUT2D eigenvalue weighted by molar-refractivity contribution is -0.132. The minimum atomic E-state index is 0.0922. The summed E-state index contributed by atoms with van der Waals surface area (Å²) in [5, 5.41) is 0. The predicted molar refractivity (Wildman–Crippen MR) is 101 cm³/mol. The number of anilines is 1. The van der Waals surface area contributed by atoms with Gasteiger partial charge in [-0.2, -0.15) is 0 Å². The fraction of sp³-hybridized carbons (Fsp3) is 0.350. The molecule has 5 nitrogen and oxygen atoms in total. The molecule has 2 N–H and O–H groups in total. The Bertz CT molecular complexity index is 659. The average Bonchev–Trinajstić information content (AvgIpc) is 2.59. The minimum Gasteiger partial charge on any atom is -0.493 e. The largest absolute Gasteiger partial charge is 0.493 e. The molecule has 1 amide bonds. The van der Waals surface area contributed by atoms with Gasteiger partial charge in [-0.05, 0) is 31.8 Å². The van der Waals surface area contributed by atoms with Gasteiger partial charge >= 0.3 is 0 Å². The first-order chi connectivity index (χ1) is 12.0. The standard InChI is InChI=1S/C20H27N3O2/c1-22(2)12-13-23(16-17-7-4-3-5-8-17)20(24)11-14-25-19-10-6-9-18(21)15-19/h3-10,15H,11-14,16,21H2,1-2H3. The lowest BCUT2D eigenvalue weighted by Crippen LogP contribution is -2.36. The molecule has 0 aliphatic heterocycles. The van der Waals surface area contributed by atoms with Crippen molar-refractivity contribution in [3.8, 4) is 5.75 Å². The van der Waals surface area contributed by atoms with Gasteiger partial charge < -0.3 is 20.3 Å². The second kappa shape index (κ2) is 9.69. The van der Waals surface area contributed by atoms with Crippen LogP contribution in [0.2, 0.25) is 0 Å². The maximum Gasteiger partial charge on any atom is 0.226 e. The van der Waals surface area contributed by atoms with Crippen LogP contribution in [0.4, 0.5) is 5.69 Å². The Labute approximate surface area is 150 Å². The Kier molecular flexibility index (Phi) is 7.29. The molecule has 0 bridgehead atoms. The molecule has 0 heterocycles. The molecule has 25 heavy (non-hydrogen) atoms. The van der Waals surface area contributed by atoms with Crippen LogP contribution in [-0.2, 0) is 11.3 Å². The van der Waals surface area contributed by atoms with Crippen LogP contribution in [0, 0.1) is 0 Å². The van der Waals surface area contributed by atoms with Crippen molar-refractivity contribution in [1.29, 1.82) is 0 Å². The second-order valence-electron chi connectivity index (χ2n) is 6.28. The molecule has 2 aromatic rings. The minimum absolute atomic E-state index is 0.0922. The number of benzene rings is 2. The summed E-state index contributed by atoms with van der Waals surface area (Å²) < 4.78 is 5.65. The van der Waals surface area contributed by atoms with E-state index in [0.717, 1.165) is 12.1 Å². The topological polar surface area (TPSA) is 58.8 Å². The molecule has 0 saturated carbocycles. The zero-order chi connectivity index (χ0) is 18.1. The van der Waals surface area contributed by atoms with E-state index >= 15 is 0 Å². The molecular weight excluding hydrogens is 314 g/mol. The first-order valence-electron chi connectivity index (χ1n) is 8.49. The number of hydrogen-bond donors (Lipinski definition) is 1. The van der Waals surface area contributed by atoms with E-state index in [1.807, 2.05) is 61.5 Å². The highest BCUT2D eigenvalue weighted by molar-refractivity contribution is 5.76. The summed E-state index contributed by atoms with van der Waals surface area (Å²) in [7, 11) is 4.02. The normalized spacial score (nSPS) is 10.7. The van der Waals surface area contributed by atoms with Crippen molar-refractivity contribution in [2.24, 2.45) is 0 Å². The molecule has 5 heteroatoms. The average molecular weight is 341 g/mol. The molecule has 0 aliphatic rings. The summed E-state index contributed by atoms with van der Waals surface area (Å²) in [6, 6.07) is 17.3. The van der Waals surface area contributed by atoms with E-state index in [1.54, 1.807) is 12.1 Å². The highest BCUT2D eigenvalue weighted by atomic mass is 16.5. The Morgan fingerprint density at radius 2 is 1.80 bits per heavy atom. The number of carbonyl (C=O) groups excluding carboxylic acids is 1. The number of likely N-dealkylation sites (N-methyl/N-ethyl adjacent to an activating group) is 1. The summed E-state index contributed by atoms with van der Waals surface area (Å²) in [6.07, 6.45) is 0.342. The van der Waals surface area contributed by atoms with Crippen LogP contribution in [-0.4, -0.2) is 49.5 Å². The number of nitrogen functional groups attached to an aromatic ring is 1. The third-order valence-corrected chi connectivity index (χ3v) is 3.83. The number of ether oxygens (including phenoxy) is 1. The molecule has 0 radical (unpaired) electrons. The van der Waals surface area contributed by atoms with Gasteiger partial charge in [0, 0.05) is 31.4 Å². The highest BCUT2D eigenvalue weighted by Crippen LogP contribution is 2.15. The van der Waals surface area contributed by atoms with E-state index in [9.17, 15) is 4.79 Å². The van der Waals surface area contributed by atoms with Crippen molar-refractivity contribution in [1.82, 2.24) is 9.80 Å². The lowest BCUT2D eigenvalue weighted by Gasteiger charge is -2.24. The van der Waals surface area contributed by atoms with Gasteiger partial charge in [0.25, 0.3) is 0 Å². The fourth-order valence-corrected chi connectivity index (χ4v) is 2.44. The van der Waals surface area contributed by atoms with Crippen LogP contribution >= 0.6 is 0 Å². The van der Waals surface area contributed by atoms with Gasteiger partial charge in [-0.25, -0.2) is 0 Å². The van der Waals surface area contributed by atoms with Gasteiger partial charge in [0.1, 0.15) is 5.75 Å². The predicted octanol–water partition coefficient (Wildman–Crippen LogP) is 2.63. The number of nitrogens with zero attached hydrogens (tertiary/aromatic N) is 2. The first-order valence-corrected chi connectivity index (χ1v) is 8.49. The van der Waals surface area contributed by atoms with Crippen LogP contribution in [0.3, 0.4) is 0 Å². The molecule has 0 fully saturated rings. The number of rotatable bonds is 9. The molecule has 0 atom stereocenters. The van der Waals surface area contributed by atoms with Gasteiger partial charge in [-0.3, -0.25) is 4.79 Å². The van der Waals surface area contributed by atoms with Crippen LogP contribution in [0.1, 0.15) is 12.0 Å². The van der Waals surface area contributed by atoms with Gasteiger partial charge in [-0.15, -0.1) is 0 Å². The smallest absolute Gasteiger partial charge is 0.226 e. The summed E-state index contributed by atoms with van der Waals surface area (Å²) in [5.74, 6) is 0.783. The molecule has 0 saturated heterocycles. The molecule has 2 rings (SSSR count). The molecule has 0 aromatic heterocycles. The highest BCUT2D eigenvalue weighted by Gasteiger charge is 2.14. The Morgan fingerprint density at radius 1 is 1.04 bits per heavy atom. The Hall–Kier alpha value is -2.53. The van der Waals surface area contributed by atoms with Crippen molar-refractivity contribution in [3.05, 3.63) is 60.2 Å². The molecular formula is C20H27N3O2. The van der Waals surface area contributed by atoms with E-state index in [4.69, 9.17) is 10.5 Å². The Balaban J connectivity index is 1.89. The zero-order valence-electron chi connectivity index (χ0n) is 15.0. The zero-order valence-corrected chi connectivity index (χ0v) is 15.0. The van der Waals surface area contributed by atoms with E-state index < -0.39 is 0 Å². The van der Waals surface area contributed by atoms with E-state index in [1.165, 1.54) is 0 Å². The van der Waals surface area contributed by atoms with Crippen molar-refractivity contribution >= 4 is 11.6 Å². The first kappa shape index (κ1) is 18.8. The summed E-state index contributed by atoms with van der Waals surface area (Å²) >= 11 is 0. The van der Waals surface area contributed by atoms with Gasteiger partial charge in [0.05, 0.1) is 13.0 Å². The molecule has 134 valence electrons. The van der Waals surface area contributed by atoms with E-state index in [0.29, 0.717) is 37.6 Å². The molecule has 0 spiro atoms. The van der Waals surface area contributed by atoms with Crippen LogP contribution in [0.15, 0.2) is 54.6 Å². The van der Waals surface area contributed by atoms with Crippen LogP contribution in [0.25, 0.3) is 0 Å². The Morgan fingerprint density at radius 3 is 2.48 bits per heavy atom. The van der Waals surface area contributed by atoms with E-state index in [2.05, 4.69) is 4.90 Å². The number of nitrogens with two attached hydrogens (primary N) is 1. The van der Waals surface area contributed by atoms with Crippen molar-refractivity contribution in [3.63, 3.8) is 0 Å². The van der Waals surface area contributed by atoms with Crippen LogP contribution in [0.5, 0.6) is 5.75 Å². The van der Waals surface area contributed by atoms with Crippen LogP contribution < -0.4 is 10.5 Å². The van der Waals surface area contributed by atoms with Crippen molar-refractivity contribution < 1.29 is 9.53 Å².